The van der Waals surface area contributed by atoms with Crippen molar-refractivity contribution in [2.75, 3.05) is 11.1 Å². The van der Waals surface area contributed by atoms with E-state index in [1.54, 1.807) is 18.0 Å². The van der Waals surface area contributed by atoms with Crippen LogP contribution in [0.2, 0.25) is 0 Å². The van der Waals surface area contributed by atoms with Crippen molar-refractivity contribution in [2.24, 2.45) is 0 Å². The number of carbonyl (C=O) groups is 1. The number of pyridine rings is 1. The van der Waals surface area contributed by atoms with Gasteiger partial charge in [0.1, 0.15) is 0 Å². The van der Waals surface area contributed by atoms with Crippen LogP contribution < -0.4 is 16.0 Å². The molecule has 1 fully saturated rings. The average Bonchev–Trinajstić information content (AvgIpc) is 2.68. The summed E-state index contributed by atoms with van der Waals surface area (Å²) in [5, 5.41) is 11.6. The number of thioether (sulfide) groups is 1. The first-order valence-corrected chi connectivity index (χ1v) is 10.6. The van der Waals surface area contributed by atoms with Gasteiger partial charge in [0.05, 0.1) is 16.2 Å². The van der Waals surface area contributed by atoms with Crippen LogP contribution in [0.5, 0.6) is 0 Å². The van der Waals surface area contributed by atoms with Gasteiger partial charge in [0.15, 0.2) is 6.29 Å². The smallest absolute Gasteiger partial charge is 0.226 e. The van der Waals surface area contributed by atoms with Crippen LogP contribution >= 0.6 is 11.8 Å². The van der Waals surface area contributed by atoms with Gasteiger partial charge in [-0.1, -0.05) is 17.7 Å². The number of aryl methyl sites for hydroxylation is 3. The lowest BCUT2D eigenvalue weighted by atomic mass is 10.1. The van der Waals surface area contributed by atoms with Gasteiger partial charge in [-0.25, -0.2) is 15.0 Å². The number of hydrogen-bond donors (Lipinski definition) is 3. The third-order valence-electron chi connectivity index (χ3n) is 4.81. The molecule has 7 nitrogen and oxygen atoms in total. The predicted octanol–water partition coefficient (Wildman–Crippen LogP) is 2.92. The van der Waals surface area contributed by atoms with Gasteiger partial charge >= 0.3 is 0 Å². The lowest BCUT2D eigenvalue weighted by Gasteiger charge is -2.31. The van der Waals surface area contributed by atoms with Crippen molar-refractivity contribution in [3.63, 3.8) is 0 Å². The van der Waals surface area contributed by atoms with Gasteiger partial charge in [0.25, 0.3) is 0 Å². The van der Waals surface area contributed by atoms with Crippen LogP contribution in [0.15, 0.2) is 41.6 Å². The van der Waals surface area contributed by atoms with Crippen molar-refractivity contribution < 1.29 is 4.79 Å². The van der Waals surface area contributed by atoms with Crippen LogP contribution in [-0.4, -0.2) is 38.9 Å². The molecule has 0 aliphatic carbocycles. The lowest BCUT2D eigenvalue weighted by molar-refractivity contribution is -0.123. The maximum Gasteiger partial charge on any atom is 0.226 e. The van der Waals surface area contributed by atoms with Crippen LogP contribution in [0.1, 0.15) is 23.2 Å². The van der Waals surface area contributed by atoms with Crippen LogP contribution in [0.25, 0.3) is 10.9 Å². The van der Waals surface area contributed by atoms with E-state index >= 15 is 0 Å². The molecule has 4 rings (SSSR count). The molecule has 3 N–H and O–H groups in total. The minimum Gasteiger partial charge on any atom is -0.323 e. The maximum atomic E-state index is 12.2. The summed E-state index contributed by atoms with van der Waals surface area (Å²) in [6.45, 7) is 6.10. The van der Waals surface area contributed by atoms with E-state index in [9.17, 15) is 4.79 Å². The zero-order valence-corrected chi connectivity index (χ0v) is 17.5. The molecule has 0 saturated carbocycles. The summed E-state index contributed by atoms with van der Waals surface area (Å²) < 4.78 is 0. The maximum absolute atomic E-state index is 12.2. The first-order valence-electron chi connectivity index (χ1n) is 9.59. The summed E-state index contributed by atoms with van der Waals surface area (Å²) in [7, 11) is 0. The molecule has 8 heteroatoms. The fraction of sp³-hybridized carbons (Fsp3) is 0.333. The summed E-state index contributed by atoms with van der Waals surface area (Å²) in [6.07, 6.45) is 1.78. The Kier molecular flexibility index (Phi) is 5.64. The Labute approximate surface area is 174 Å². The van der Waals surface area contributed by atoms with E-state index in [1.807, 2.05) is 25.1 Å². The number of nitrogens with one attached hydrogen (secondary N) is 3. The molecule has 1 saturated heterocycles. The Morgan fingerprint density at radius 1 is 1.21 bits per heavy atom. The number of amides is 1. The van der Waals surface area contributed by atoms with Crippen LogP contribution in [0.4, 0.5) is 5.95 Å². The first kappa shape index (κ1) is 19.6. The van der Waals surface area contributed by atoms with Crippen molar-refractivity contribution in [1.82, 2.24) is 25.6 Å². The third kappa shape index (κ3) is 4.65. The number of nitrogens with zero attached hydrogens (tertiary/aromatic N) is 3. The second kappa shape index (κ2) is 8.34. The van der Waals surface area contributed by atoms with E-state index in [0.29, 0.717) is 12.4 Å². The zero-order chi connectivity index (χ0) is 20.4. The van der Waals surface area contributed by atoms with E-state index in [1.165, 1.54) is 5.56 Å². The highest BCUT2D eigenvalue weighted by molar-refractivity contribution is 7.99. The number of carbonyl (C=O) groups excluding carboxylic acids is 1. The minimum absolute atomic E-state index is 0.00260. The summed E-state index contributed by atoms with van der Waals surface area (Å²) in [5.41, 5.74) is 4.14. The molecular formula is C21H24N6OS. The number of fused-ring (bicyclic) bond motifs is 1. The molecule has 2 aromatic heterocycles. The van der Waals surface area contributed by atoms with Gasteiger partial charge in [0, 0.05) is 29.8 Å². The van der Waals surface area contributed by atoms with Gasteiger partial charge in [-0.15, -0.1) is 11.8 Å². The van der Waals surface area contributed by atoms with Gasteiger partial charge in [-0.3, -0.25) is 10.1 Å². The van der Waals surface area contributed by atoms with Gasteiger partial charge in [-0.05, 0) is 44.5 Å². The molecule has 29 heavy (non-hydrogen) atoms. The van der Waals surface area contributed by atoms with Gasteiger partial charge in [-0.2, -0.15) is 0 Å². The molecule has 2 atom stereocenters. The average molecular weight is 409 g/mol. The molecule has 3 aromatic rings. The minimum atomic E-state index is -0.423. The number of hydrogen-bond acceptors (Lipinski definition) is 7. The molecule has 1 aliphatic rings. The molecule has 1 aromatic carbocycles. The number of aromatic nitrogens is 3. The van der Waals surface area contributed by atoms with Gasteiger partial charge < -0.3 is 10.6 Å². The second-order valence-corrected chi connectivity index (χ2v) is 8.34. The largest absolute Gasteiger partial charge is 0.323 e. The molecule has 0 bridgehead atoms. The molecular weight excluding hydrogens is 384 g/mol. The van der Waals surface area contributed by atoms with Crippen molar-refractivity contribution in [2.45, 2.75) is 44.5 Å². The van der Waals surface area contributed by atoms with Crippen LogP contribution in [0.3, 0.4) is 0 Å². The molecule has 3 heterocycles. The predicted molar refractivity (Wildman–Crippen MR) is 116 cm³/mol. The zero-order valence-electron chi connectivity index (χ0n) is 16.7. The monoisotopic (exact) mass is 408 g/mol. The summed E-state index contributed by atoms with van der Waals surface area (Å²) in [6, 6.07) is 10.1. The van der Waals surface area contributed by atoms with Crippen molar-refractivity contribution in [3.05, 3.63) is 53.3 Å². The third-order valence-corrected chi connectivity index (χ3v) is 5.92. The molecule has 0 radical (unpaired) electrons. The molecule has 2 unspecified atom stereocenters. The van der Waals surface area contributed by atoms with Gasteiger partial charge in [0.2, 0.25) is 11.9 Å². The Hall–Kier alpha value is -2.71. The van der Waals surface area contributed by atoms with Crippen LogP contribution in [0, 0.1) is 20.8 Å². The highest BCUT2D eigenvalue weighted by Gasteiger charge is 2.26. The fourth-order valence-electron chi connectivity index (χ4n) is 3.51. The highest BCUT2D eigenvalue weighted by Crippen LogP contribution is 2.23. The molecule has 150 valence electrons. The van der Waals surface area contributed by atoms with E-state index in [4.69, 9.17) is 0 Å². The lowest BCUT2D eigenvalue weighted by Crippen LogP contribution is -2.60. The molecule has 0 spiro atoms. The first-order chi connectivity index (χ1) is 14.0. The Bertz CT molecular complexity index is 1040. The number of anilines is 1. The number of rotatable bonds is 5. The highest BCUT2D eigenvalue weighted by atomic mass is 32.2. The summed E-state index contributed by atoms with van der Waals surface area (Å²) >= 11 is 1.63. The fourth-order valence-corrected chi connectivity index (χ4v) is 4.41. The quantitative estimate of drug-likeness (QED) is 0.559. The molecule has 1 aliphatic heterocycles. The Balaban J connectivity index is 1.47. The Morgan fingerprint density at radius 2 is 2.07 bits per heavy atom. The topological polar surface area (TPSA) is 91.8 Å². The summed E-state index contributed by atoms with van der Waals surface area (Å²) in [5.74, 6) is 1.24. The van der Waals surface area contributed by atoms with E-state index in [2.05, 4.69) is 56.9 Å². The Morgan fingerprint density at radius 3 is 2.86 bits per heavy atom. The SMILES string of the molecule is Cc1cc(C)c2nc(NC3NC(=O)CC(CSc4ccccn4)N3)nc(C)c2c1. The van der Waals surface area contributed by atoms with Crippen molar-refractivity contribution in [3.8, 4) is 0 Å². The van der Waals surface area contributed by atoms with E-state index < -0.39 is 6.29 Å². The second-order valence-electron chi connectivity index (χ2n) is 7.30. The molecule has 1 amide bonds. The van der Waals surface area contributed by atoms with E-state index in [0.717, 1.165) is 32.9 Å². The number of benzene rings is 1. The summed E-state index contributed by atoms with van der Waals surface area (Å²) in [4.78, 5) is 25.8. The van der Waals surface area contributed by atoms with E-state index in [-0.39, 0.29) is 11.9 Å². The van der Waals surface area contributed by atoms with Crippen LogP contribution in [-0.2, 0) is 4.79 Å². The standard InChI is InChI=1S/C21H24N6OS/c1-12-8-13(2)19-16(9-12)14(3)23-20(26-19)27-21-24-15(10-17(28)25-21)11-29-18-6-4-5-7-22-18/h4-9,15,21,24H,10-11H2,1-3H3,(H,25,28)(H,23,26,27). The van der Waals surface area contributed by atoms with Crippen molar-refractivity contribution in [1.29, 1.82) is 0 Å². The normalized spacial score (nSPS) is 19.2. The van der Waals surface area contributed by atoms with Crippen molar-refractivity contribution >= 4 is 34.5 Å².